The molecule has 0 aliphatic carbocycles. The smallest absolute Gasteiger partial charge is 0.245 e. The van der Waals surface area contributed by atoms with Gasteiger partial charge in [-0.3, -0.25) is 19.5 Å². The van der Waals surface area contributed by atoms with E-state index in [9.17, 15) is 9.59 Å². The Balaban J connectivity index is 1.31. The summed E-state index contributed by atoms with van der Waals surface area (Å²) < 4.78 is 0. The van der Waals surface area contributed by atoms with Crippen molar-refractivity contribution in [3.63, 3.8) is 0 Å². The zero-order valence-corrected chi connectivity index (χ0v) is 16.8. The molecule has 4 rings (SSSR count). The van der Waals surface area contributed by atoms with Crippen LogP contribution in [-0.4, -0.2) is 70.3 Å². The fourth-order valence-corrected chi connectivity index (χ4v) is 4.74. The Hall–Kier alpha value is -2.25. The van der Waals surface area contributed by atoms with Crippen molar-refractivity contribution in [3.05, 3.63) is 52.5 Å². The first-order valence-corrected chi connectivity index (χ1v) is 10.8. The van der Waals surface area contributed by atoms with Gasteiger partial charge in [-0.15, -0.1) is 11.3 Å². The van der Waals surface area contributed by atoms with Crippen LogP contribution < -0.4 is 0 Å². The Morgan fingerprint density at radius 2 is 1.93 bits per heavy atom. The number of pyridine rings is 1. The van der Waals surface area contributed by atoms with E-state index in [1.165, 1.54) is 0 Å². The van der Waals surface area contributed by atoms with Crippen LogP contribution in [0.3, 0.4) is 0 Å². The van der Waals surface area contributed by atoms with Crippen molar-refractivity contribution in [1.29, 1.82) is 0 Å². The summed E-state index contributed by atoms with van der Waals surface area (Å²) in [5.74, 6) is 0.196. The number of likely N-dealkylation sites (tertiary alicyclic amines) is 1. The average molecular weight is 399 g/mol. The van der Waals surface area contributed by atoms with Crippen LogP contribution in [0, 0.1) is 0 Å². The van der Waals surface area contributed by atoms with Crippen LogP contribution in [0.25, 0.3) is 0 Å². The average Bonchev–Trinajstić information content (AvgIpc) is 3.41. The quantitative estimate of drug-likeness (QED) is 0.773. The van der Waals surface area contributed by atoms with Crippen molar-refractivity contribution < 1.29 is 9.59 Å². The number of rotatable bonds is 5. The predicted molar refractivity (Wildman–Crippen MR) is 109 cm³/mol. The minimum Gasteiger partial charge on any atom is -0.338 e. The Bertz CT molecular complexity index is 788. The summed E-state index contributed by atoms with van der Waals surface area (Å²) in [7, 11) is 0. The summed E-state index contributed by atoms with van der Waals surface area (Å²) in [5, 5.41) is 1.99. The van der Waals surface area contributed by atoms with Crippen molar-refractivity contribution >= 4 is 23.2 Å². The predicted octanol–water partition coefficient (Wildman–Crippen LogP) is 2.02. The van der Waals surface area contributed by atoms with Crippen molar-refractivity contribution in [3.8, 4) is 0 Å². The SMILES string of the molecule is O=C(C1CCCN1C(=O)Cc1cccs1)N1CCN(Cc2ccccn2)CC1. The van der Waals surface area contributed by atoms with E-state index in [4.69, 9.17) is 0 Å². The lowest BCUT2D eigenvalue weighted by Crippen LogP contribution is -2.54. The van der Waals surface area contributed by atoms with Gasteiger partial charge in [-0.25, -0.2) is 0 Å². The third-order valence-corrected chi connectivity index (χ3v) is 6.44. The monoisotopic (exact) mass is 398 g/mol. The van der Waals surface area contributed by atoms with Gasteiger partial charge >= 0.3 is 0 Å². The summed E-state index contributed by atoms with van der Waals surface area (Å²) in [6.07, 6.45) is 3.91. The molecular formula is C21H26N4O2S. The highest BCUT2D eigenvalue weighted by atomic mass is 32.1. The summed E-state index contributed by atoms with van der Waals surface area (Å²) in [6.45, 7) is 4.64. The summed E-state index contributed by atoms with van der Waals surface area (Å²) in [4.78, 5) is 37.3. The van der Waals surface area contributed by atoms with Crippen LogP contribution in [0.2, 0.25) is 0 Å². The first-order valence-electron chi connectivity index (χ1n) is 9.93. The highest BCUT2D eigenvalue weighted by Crippen LogP contribution is 2.22. The molecule has 0 aromatic carbocycles. The molecule has 2 amide bonds. The molecule has 1 unspecified atom stereocenters. The normalized spacial score (nSPS) is 20.5. The highest BCUT2D eigenvalue weighted by Gasteiger charge is 2.37. The number of amides is 2. The van der Waals surface area contributed by atoms with Gasteiger partial charge in [0.2, 0.25) is 11.8 Å². The molecule has 0 bridgehead atoms. The minimum atomic E-state index is -0.283. The zero-order chi connectivity index (χ0) is 19.3. The number of carbonyl (C=O) groups excluding carboxylic acids is 2. The largest absolute Gasteiger partial charge is 0.338 e. The van der Waals surface area contributed by atoms with Crippen LogP contribution in [0.5, 0.6) is 0 Å². The van der Waals surface area contributed by atoms with E-state index in [1.807, 2.05) is 51.7 Å². The first kappa shape index (κ1) is 19.1. The zero-order valence-electron chi connectivity index (χ0n) is 16.0. The Kier molecular flexibility index (Phi) is 6.02. The summed E-state index contributed by atoms with van der Waals surface area (Å²) in [5.41, 5.74) is 1.06. The Morgan fingerprint density at radius 3 is 2.64 bits per heavy atom. The molecule has 2 aliphatic rings. The second-order valence-electron chi connectivity index (χ2n) is 7.42. The standard InChI is InChI=1S/C21H26N4O2S/c26-20(15-18-6-4-14-28-18)25-9-3-7-19(25)21(27)24-12-10-23(11-13-24)16-17-5-1-2-8-22-17/h1-2,4-6,8,14,19H,3,7,9-13,15-16H2. The van der Waals surface area contributed by atoms with E-state index < -0.39 is 0 Å². The van der Waals surface area contributed by atoms with Gasteiger partial charge in [0.25, 0.3) is 0 Å². The van der Waals surface area contributed by atoms with Gasteiger partial charge in [0, 0.05) is 50.3 Å². The number of piperazine rings is 1. The van der Waals surface area contributed by atoms with Crippen molar-refractivity contribution in [2.45, 2.75) is 31.8 Å². The maximum absolute atomic E-state index is 13.1. The van der Waals surface area contributed by atoms with Gasteiger partial charge < -0.3 is 9.80 Å². The van der Waals surface area contributed by atoms with Crippen molar-refractivity contribution in [2.24, 2.45) is 0 Å². The van der Waals surface area contributed by atoms with Crippen molar-refractivity contribution in [2.75, 3.05) is 32.7 Å². The molecule has 28 heavy (non-hydrogen) atoms. The molecule has 0 radical (unpaired) electrons. The van der Waals surface area contributed by atoms with Crippen molar-refractivity contribution in [1.82, 2.24) is 19.7 Å². The lowest BCUT2D eigenvalue weighted by Gasteiger charge is -2.37. The number of hydrogen-bond acceptors (Lipinski definition) is 5. The van der Waals surface area contributed by atoms with E-state index in [0.717, 1.165) is 56.1 Å². The molecule has 148 valence electrons. The molecule has 0 saturated carbocycles. The lowest BCUT2D eigenvalue weighted by molar-refractivity contribution is -0.144. The molecule has 2 saturated heterocycles. The number of aromatic nitrogens is 1. The summed E-state index contributed by atoms with van der Waals surface area (Å²) in [6, 6.07) is 9.63. The molecule has 7 heteroatoms. The van der Waals surface area contributed by atoms with Crippen LogP contribution in [0.4, 0.5) is 0 Å². The van der Waals surface area contributed by atoms with Crippen LogP contribution in [0.15, 0.2) is 41.9 Å². The first-order chi connectivity index (χ1) is 13.7. The van der Waals surface area contributed by atoms with Gasteiger partial charge in [-0.1, -0.05) is 12.1 Å². The molecule has 2 aliphatic heterocycles. The second kappa shape index (κ2) is 8.84. The highest BCUT2D eigenvalue weighted by molar-refractivity contribution is 7.10. The van der Waals surface area contributed by atoms with E-state index >= 15 is 0 Å². The Labute approximate surface area is 169 Å². The van der Waals surface area contributed by atoms with E-state index in [0.29, 0.717) is 13.0 Å². The number of carbonyl (C=O) groups is 2. The molecule has 0 N–H and O–H groups in total. The van der Waals surface area contributed by atoms with E-state index in [1.54, 1.807) is 11.3 Å². The molecule has 4 heterocycles. The molecule has 0 spiro atoms. The lowest BCUT2D eigenvalue weighted by atomic mass is 10.1. The third kappa shape index (κ3) is 4.42. The van der Waals surface area contributed by atoms with E-state index in [-0.39, 0.29) is 17.9 Å². The van der Waals surface area contributed by atoms with Gasteiger partial charge in [0.1, 0.15) is 6.04 Å². The maximum atomic E-state index is 13.1. The van der Waals surface area contributed by atoms with Gasteiger partial charge in [0.15, 0.2) is 0 Å². The molecule has 6 nitrogen and oxygen atoms in total. The summed E-state index contributed by atoms with van der Waals surface area (Å²) >= 11 is 1.60. The minimum absolute atomic E-state index is 0.0760. The van der Waals surface area contributed by atoms with Crippen LogP contribution >= 0.6 is 11.3 Å². The van der Waals surface area contributed by atoms with E-state index in [2.05, 4.69) is 9.88 Å². The molecule has 2 aromatic rings. The second-order valence-corrected chi connectivity index (χ2v) is 8.46. The van der Waals surface area contributed by atoms with Crippen LogP contribution in [-0.2, 0) is 22.6 Å². The number of hydrogen-bond donors (Lipinski definition) is 0. The third-order valence-electron chi connectivity index (χ3n) is 5.56. The fraction of sp³-hybridized carbons (Fsp3) is 0.476. The van der Waals surface area contributed by atoms with Gasteiger partial charge in [-0.05, 0) is 36.4 Å². The van der Waals surface area contributed by atoms with Crippen LogP contribution in [0.1, 0.15) is 23.4 Å². The van der Waals surface area contributed by atoms with Gasteiger partial charge in [0.05, 0.1) is 12.1 Å². The van der Waals surface area contributed by atoms with Gasteiger partial charge in [-0.2, -0.15) is 0 Å². The maximum Gasteiger partial charge on any atom is 0.245 e. The molecular weight excluding hydrogens is 372 g/mol. The fourth-order valence-electron chi connectivity index (χ4n) is 4.04. The Morgan fingerprint density at radius 1 is 1.07 bits per heavy atom. The topological polar surface area (TPSA) is 56.8 Å². The number of thiophene rings is 1. The molecule has 2 fully saturated rings. The molecule has 1 atom stereocenters. The number of nitrogens with zero attached hydrogens (tertiary/aromatic N) is 4. The molecule has 2 aromatic heterocycles.